The summed E-state index contributed by atoms with van der Waals surface area (Å²) in [5.41, 5.74) is 0.673. The van der Waals surface area contributed by atoms with E-state index in [0.29, 0.717) is 5.57 Å². The molecule has 0 aromatic rings. The van der Waals surface area contributed by atoms with Crippen molar-refractivity contribution >= 4 is 5.97 Å². The van der Waals surface area contributed by atoms with Crippen molar-refractivity contribution in [3.63, 3.8) is 0 Å². The molecule has 0 atom stereocenters. The van der Waals surface area contributed by atoms with Gasteiger partial charge in [-0.3, -0.25) is 0 Å². The molecule has 0 aliphatic heterocycles. The summed E-state index contributed by atoms with van der Waals surface area (Å²) in [6, 6.07) is 0. The second kappa shape index (κ2) is 6.62. The first-order valence-corrected chi connectivity index (χ1v) is 5.70. The van der Waals surface area contributed by atoms with Crippen molar-refractivity contribution in [1.29, 1.82) is 0 Å². The van der Waals surface area contributed by atoms with E-state index in [1.54, 1.807) is 6.92 Å². The van der Waals surface area contributed by atoms with E-state index in [4.69, 9.17) is 0 Å². The van der Waals surface area contributed by atoms with Gasteiger partial charge in [0.1, 0.15) is 0 Å². The summed E-state index contributed by atoms with van der Waals surface area (Å²) in [6.07, 6.45) is 7.34. The van der Waals surface area contributed by atoms with Crippen LogP contribution in [0.4, 0.5) is 0 Å². The summed E-state index contributed by atoms with van der Waals surface area (Å²) in [6.45, 7) is 3.57. The molecule has 1 saturated carbocycles. The largest absolute Gasteiger partial charge is 0.466 e. The van der Waals surface area contributed by atoms with Gasteiger partial charge in [-0.25, -0.2) is 4.79 Å². The molecule has 0 unspecified atom stereocenters. The van der Waals surface area contributed by atoms with Crippen LogP contribution in [0.25, 0.3) is 0 Å². The van der Waals surface area contributed by atoms with Crippen LogP contribution in [-0.4, -0.2) is 26.2 Å². The number of esters is 1. The number of nitrogens with one attached hydrogen (secondary N) is 1. The summed E-state index contributed by atoms with van der Waals surface area (Å²) in [4.78, 5) is 11.0. The van der Waals surface area contributed by atoms with Gasteiger partial charge in [0.05, 0.1) is 7.11 Å². The van der Waals surface area contributed by atoms with Crippen molar-refractivity contribution in [2.24, 2.45) is 5.92 Å². The number of ether oxygens (including phenoxy) is 1. The number of carbonyl (C=O) groups excluding carboxylic acids is 1. The van der Waals surface area contributed by atoms with Gasteiger partial charge in [-0.1, -0.05) is 18.9 Å². The topological polar surface area (TPSA) is 38.3 Å². The van der Waals surface area contributed by atoms with Gasteiger partial charge in [-0.2, -0.15) is 0 Å². The summed E-state index contributed by atoms with van der Waals surface area (Å²) >= 11 is 0. The van der Waals surface area contributed by atoms with Gasteiger partial charge in [-0.15, -0.1) is 0 Å². The standard InChI is InChI=1S/C12H21NO2/c1-10(12(14)15-2)7-9-13-8-3-4-11-5-6-11/h7,11,13H,3-6,8-9H2,1-2H3. The van der Waals surface area contributed by atoms with E-state index in [-0.39, 0.29) is 5.97 Å². The number of carbonyl (C=O) groups is 1. The van der Waals surface area contributed by atoms with Crippen molar-refractivity contribution in [1.82, 2.24) is 5.32 Å². The molecule has 0 radical (unpaired) electrons. The highest BCUT2D eigenvalue weighted by molar-refractivity contribution is 5.87. The molecule has 3 nitrogen and oxygen atoms in total. The van der Waals surface area contributed by atoms with Crippen LogP contribution in [0.2, 0.25) is 0 Å². The van der Waals surface area contributed by atoms with Crippen molar-refractivity contribution < 1.29 is 9.53 Å². The van der Waals surface area contributed by atoms with Gasteiger partial charge in [0, 0.05) is 12.1 Å². The Morgan fingerprint density at radius 2 is 2.27 bits per heavy atom. The number of rotatable bonds is 7. The SMILES string of the molecule is COC(=O)C(C)=CCNCCCC1CC1. The van der Waals surface area contributed by atoms with E-state index in [2.05, 4.69) is 10.1 Å². The fourth-order valence-electron chi connectivity index (χ4n) is 1.49. The summed E-state index contributed by atoms with van der Waals surface area (Å²) in [5, 5.41) is 3.29. The second-order valence-electron chi connectivity index (χ2n) is 4.17. The Morgan fingerprint density at radius 1 is 1.53 bits per heavy atom. The van der Waals surface area contributed by atoms with E-state index >= 15 is 0 Å². The van der Waals surface area contributed by atoms with Crippen molar-refractivity contribution in [2.75, 3.05) is 20.2 Å². The molecule has 1 N–H and O–H groups in total. The van der Waals surface area contributed by atoms with Crippen LogP contribution in [0.5, 0.6) is 0 Å². The highest BCUT2D eigenvalue weighted by Crippen LogP contribution is 2.33. The van der Waals surface area contributed by atoms with Crippen molar-refractivity contribution in [2.45, 2.75) is 32.6 Å². The highest BCUT2D eigenvalue weighted by atomic mass is 16.5. The van der Waals surface area contributed by atoms with E-state index in [1.807, 2.05) is 6.08 Å². The Labute approximate surface area is 91.9 Å². The lowest BCUT2D eigenvalue weighted by atomic mass is 10.2. The predicted molar refractivity (Wildman–Crippen MR) is 60.6 cm³/mol. The minimum atomic E-state index is -0.241. The fourth-order valence-corrected chi connectivity index (χ4v) is 1.49. The minimum absolute atomic E-state index is 0.241. The average molecular weight is 211 g/mol. The summed E-state index contributed by atoms with van der Waals surface area (Å²) < 4.78 is 4.59. The number of hydrogen-bond donors (Lipinski definition) is 1. The molecule has 1 aliphatic rings. The maximum atomic E-state index is 11.0. The third-order valence-electron chi connectivity index (χ3n) is 2.72. The van der Waals surface area contributed by atoms with Gasteiger partial charge in [0.2, 0.25) is 0 Å². The molecule has 1 fully saturated rings. The zero-order chi connectivity index (χ0) is 11.1. The molecule has 86 valence electrons. The maximum absolute atomic E-state index is 11.0. The minimum Gasteiger partial charge on any atom is -0.466 e. The average Bonchev–Trinajstić information content (AvgIpc) is 3.05. The molecular formula is C12H21NO2. The van der Waals surface area contributed by atoms with Crippen LogP contribution in [0.15, 0.2) is 11.6 Å². The van der Waals surface area contributed by atoms with Gasteiger partial charge in [-0.05, 0) is 32.2 Å². The molecule has 1 aliphatic carbocycles. The molecule has 0 aromatic heterocycles. The zero-order valence-corrected chi connectivity index (χ0v) is 9.71. The molecule has 0 aromatic carbocycles. The van der Waals surface area contributed by atoms with Crippen LogP contribution >= 0.6 is 0 Å². The van der Waals surface area contributed by atoms with E-state index in [9.17, 15) is 4.79 Å². The Kier molecular flexibility index (Phi) is 5.40. The van der Waals surface area contributed by atoms with Crippen LogP contribution in [-0.2, 0) is 9.53 Å². The first-order valence-electron chi connectivity index (χ1n) is 5.70. The number of hydrogen-bond acceptors (Lipinski definition) is 3. The molecule has 0 heterocycles. The summed E-state index contributed by atoms with van der Waals surface area (Å²) in [7, 11) is 1.41. The molecule has 15 heavy (non-hydrogen) atoms. The van der Waals surface area contributed by atoms with Crippen LogP contribution in [0.1, 0.15) is 32.6 Å². The fraction of sp³-hybridized carbons (Fsp3) is 0.750. The Balaban J connectivity index is 1.96. The first-order chi connectivity index (χ1) is 7.24. The molecule has 0 amide bonds. The Hall–Kier alpha value is -0.830. The van der Waals surface area contributed by atoms with Crippen LogP contribution in [0, 0.1) is 5.92 Å². The summed E-state index contributed by atoms with van der Waals surface area (Å²) in [5.74, 6) is 0.772. The Bertz CT molecular complexity index is 232. The monoisotopic (exact) mass is 211 g/mol. The molecule has 3 heteroatoms. The highest BCUT2D eigenvalue weighted by Gasteiger charge is 2.19. The second-order valence-corrected chi connectivity index (χ2v) is 4.17. The third kappa shape index (κ3) is 5.57. The van der Waals surface area contributed by atoms with Gasteiger partial charge in [0.15, 0.2) is 0 Å². The predicted octanol–water partition coefficient (Wildman–Crippen LogP) is 1.89. The normalized spacial score (nSPS) is 16.5. The number of methoxy groups -OCH3 is 1. The Morgan fingerprint density at radius 3 is 2.87 bits per heavy atom. The van der Waals surface area contributed by atoms with Crippen molar-refractivity contribution in [3.8, 4) is 0 Å². The molecule has 1 rings (SSSR count). The van der Waals surface area contributed by atoms with Crippen molar-refractivity contribution in [3.05, 3.63) is 11.6 Å². The lowest BCUT2D eigenvalue weighted by Crippen LogP contribution is -2.16. The molecule has 0 spiro atoms. The van der Waals surface area contributed by atoms with E-state index in [0.717, 1.165) is 19.0 Å². The lowest BCUT2D eigenvalue weighted by Gasteiger charge is -2.02. The van der Waals surface area contributed by atoms with E-state index in [1.165, 1.54) is 32.8 Å². The molecule has 0 saturated heterocycles. The maximum Gasteiger partial charge on any atom is 0.333 e. The molecule has 0 bridgehead atoms. The quantitative estimate of drug-likeness (QED) is 0.397. The van der Waals surface area contributed by atoms with Gasteiger partial charge >= 0.3 is 5.97 Å². The van der Waals surface area contributed by atoms with Crippen LogP contribution in [0.3, 0.4) is 0 Å². The van der Waals surface area contributed by atoms with E-state index < -0.39 is 0 Å². The third-order valence-corrected chi connectivity index (χ3v) is 2.72. The van der Waals surface area contributed by atoms with Gasteiger partial charge < -0.3 is 10.1 Å². The smallest absolute Gasteiger partial charge is 0.333 e. The van der Waals surface area contributed by atoms with Crippen LogP contribution < -0.4 is 5.32 Å². The van der Waals surface area contributed by atoms with Gasteiger partial charge in [0.25, 0.3) is 0 Å². The zero-order valence-electron chi connectivity index (χ0n) is 9.71. The lowest BCUT2D eigenvalue weighted by molar-refractivity contribution is -0.136. The molecular weight excluding hydrogens is 190 g/mol. The first kappa shape index (κ1) is 12.2.